The second kappa shape index (κ2) is 4.19. The lowest BCUT2D eigenvalue weighted by Crippen LogP contribution is -2.24. The first-order valence-electron chi connectivity index (χ1n) is 7.23. The zero-order valence-corrected chi connectivity index (χ0v) is 12.0. The largest absolute Gasteiger partial charge is 0.507 e. The van der Waals surface area contributed by atoms with Crippen LogP contribution in [0.1, 0.15) is 55.9 Å². The van der Waals surface area contributed by atoms with E-state index >= 15 is 0 Å². The van der Waals surface area contributed by atoms with Gasteiger partial charge in [-0.25, -0.2) is 0 Å². The predicted molar refractivity (Wildman–Crippen MR) is 76.5 cm³/mol. The molecular formula is C16H14N2O4. The molecule has 22 heavy (non-hydrogen) atoms. The van der Waals surface area contributed by atoms with Crippen molar-refractivity contribution < 1.29 is 19.8 Å². The number of phenols is 2. The van der Waals surface area contributed by atoms with Gasteiger partial charge in [-0.05, 0) is 25.7 Å². The number of aromatic nitrogens is 2. The second-order valence-electron chi connectivity index (χ2n) is 5.80. The van der Waals surface area contributed by atoms with Crippen molar-refractivity contribution >= 4 is 11.6 Å². The van der Waals surface area contributed by atoms with Crippen molar-refractivity contribution in [2.24, 2.45) is 7.05 Å². The number of carbonyl (C=O) groups excluding carboxylic acids is 2. The highest BCUT2D eigenvalue weighted by atomic mass is 16.3. The lowest BCUT2D eigenvalue weighted by atomic mass is 9.79. The molecule has 2 aliphatic carbocycles. The first-order chi connectivity index (χ1) is 10.5. The number of hydrogen-bond acceptors (Lipinski definition) is 5. The molecule has 6 heteroatoms. The molecule has 112 valence electrons. The van der Waals surface area contributed by atoms with Crippen molar-refractivity contribution in [1.29, 1.82) is 0 Å². The molecular weight excluding hydrogens is 284 g/mol. The summed E-state index contributed by atoms with van der Waals surface area (Å²) in [6, 6.07) is 0. The Labute approximate surface area is 126 Å². The van der Waals surface area contributed by atoms with Gasteiger partial charge in [0, 0.05) is 18.2 Å². The molecule has 2 aromatic rings. The van der Waals surface area contributed by atoms with E-state index in [0.29, 0.717) is 24.0 Å². The lowest BCUT2D eigenvalue weighted by Gasteiger charge is -2.25. The van der Waals surface area contributed by atoms with Crippen molar-refractivity contribution in [3.8, 4) is 11.5 Å². The fourth-order valence-electron chi connectivity index (χ4n) is 3.53. The molecule has 1 aromatic heterocycles. The minimum Gasteiger partial charge on any atom is -0.507 e. The number of nitrogens with zero attached hydrogens (tertiary/aromatic N) is 2. The molecule has 4 rings (SSSR count). The number of rotatable bonds is 0. The van der Waals surface area contributed by atoms with Gasteiger partial charge >= 0.3 is 0 Å². The molecule has 0 atom stereocenters. The Morgan fingerprint density at radius 1 is 1.00 bits per heavy atom. The Morgan fingerprint density at radius 3 is 2.14 bits per heavy atom. The van der Waals surface area contributed by atoms with E-state index in [-0.39, 0.29) is 33.9 Å². The van der Waals surface area contributed by atoms with E-state index in [1.807, 2.05) is 0 Å². The summed E-state index contributed by atoms with van der Waals surface area (Å²) in [4.78, 5) is 25.4. The van der Waals surface area contributed by atoms with E-state index in [1.54, 1.807) is 7.05 Å². The zero-order valence-electron chi connectivity index (χ0n) is 12.0. The number of carbonyl (C=O) groups is 2. The van der Waals surface area contributed by atoms with Gasteiger partial charge in [0.1, 0.15) is 17.2 Å². The summed E-state index contributed by atoms with van der Waals surface area (Å²) >= 11 is 0. The van der Waals surface area contributed by atoms with Gasteiger partial charge in [-0.3, -0.25) is 14.3 Å². The third kappa shape index (κ3) is 1.41. The summed E-state index contributed by atoms with van der Waals surface area (Å²) in [5.41, 5.74) is 1.35. The summed E-state index contributed by atoms with van der Waals surface area (Å²) in [5.74, 6) is -1.24. The molecule has 0 unspecified atom stereocenters. The SMILES string of the molecule is Cn1ncc2c1C(=O)c1c(O)c3c(c(O)c1C2=O)CCCC3. The molecule has 0 aliphatic heterocycles. The van der Waals surface area contributed by atoms with Crippen LogP contribution >= 0.6 is 0 Å². The Morgan fingerprint density at radius 2 is 1.55 bits per heavy atom. The number of aryl methyl sites for hydroxylation is 1. The minimum absolute atomic E-state index is 0.0800. The average Bonchev–Trinajstić information content (AvgIpc) is 2.91. The fourth-order valence-corrected chi connectivity index (χ4v) is 3.53. The number of benzene rings is 1. The monoisotopic (exact) mass is 298 g/mol. The van der Waals surface area contributed by atoms with Crippen molar-refractivity contribution in [2.45, 2.75) is 25.7 Å². The molecule has 1 aromatic carbocycles. The van der Waals surface area contributed by atoms with Crippen LogP contribution in [0.4, 0.5) is 0 Å². The molecule has 0 saturated carbocycles. The summed E-state index contributed by atoms with van der Waals surface area (Å²) in [6.07, 6.45) is 4.30. The molecule has 2 aliphatic rings. The van der Waals surface area contributed by atoms with Gasteiger partial charge in [0.15, 0.2) is 0 Å². The first-order valence-corrected chi connectivity index (χ1v) is 7.23. The van der Waals surface area contributed by atoms with Crippen LogP contribution in [0.25, 0.3) is 0 Å². The van der Waals surface area contributed by atoms with Crippen LogP contribution in [0, 0.1) is 0 Å². The van der Waals surface area contributed by atoms with E-state index in [0.717, 1.165) is 12.8 Å². The van der Waals surface area contributed by atoms with Gasteiger partial charge in [-0.2, -0.15) is 5.10 Å². The highest BCUT2D eigenvalue weighted by molar-refractivity contribution is 6.29. The van der Waals surface area contributed by atoms with Crippen molar-refractivity contribution in [1.82, 2.24) is 9.78 Å². The third-order valence-electron chi connectivity index (χ3n) is 4.62. The maximum atomic E-state index is 12.7. The Hall–Kier alpha value is -2.63. The van der Waals surface area contributed by atoms with Crippen LogP contribution in [-0.4, -0.2) is 31.6 Å². The quantitative estimate of drug-likeness (QED) is 0.613. The zero-order chi connectivity index (χ0) is 15.6. The lowest BCUT2D eigenvalue weighted by molar-refractivity contribution is 0.0968. The van der Waals surface area contributed by atoms with Gasteiger partial charge in [0.2, 0.25) is 11.6 Å². The predicted octanol–water partition coefficient (Wildman–Crippen LogP) is 1.49. The summed E-state index contributed by atoms with van der Waals surface area (Å²) in [5, 5.41) is 25.0. The van der Waals surface area contributed by atoms with Crippen LogP contribution < -0.4 is 0 Å². The van der Waals surface area contributed by atoms with Crippen molar-refractivity contribution in [3.63, 3.8) is 0 Å². The van der Waals surface area contributed by atoms with E-state index in [4.69, 9.17) is 0 Å². The molecule has 1 heterocycles. The van der Waals surface area contributed by atoms with Gasteiger partial charge in [0.05, 0.1) is 22.9 Å². The fraction of sp³-hybridized carbons (Fsp3) is 0.312. The summed E-state index contributed by atoms with van der Waals surface area (Å²) < 4.78 is 1.33. The number of fused-ring (bicyclic) bond motifs is 3. The van der Waals surface area contributed by atoms with Crippen LogP contribution in [0.2, 0.25) is 0 Å². The van der Waals surface area contributed by atoms with Crippen LogP contribution in [0.15, 0.2) is 6.20 Å². The number of phenolic OH excluding ortho intramolecular Hbond substituents is 2. The van der Waals surface area contributed by atoms with Gasteiger partial charge in [-0.15, -0.1) is 0 Å². The summed E-state index contributed by atoms with van der Waals surface area (Å²) in [7, 11) is 1.57. The highest BCUT2D eigenvalue weighted by Gasteiger charge is 2.39. The topological polar surface area (TPSA) is 92.4 Å². The molecule has 0 spiro atoms. The Balaban J connectivity index is 2.10. The van der Waals surface area contributed by atoms with Gasteiger partial charge in [-0.1, -0.05) is 0 Å². The molecule has 2 N–H and O–H groups in total. The average molecular weight is 298 g/mol. The Kier molecular flexibility index (Phi) is 2.49. The molecule has 6 nitrogen and oxygen atoms in total. The van der Waals surface area contributed by atoms with Gasteiger partial charge in [0.25, 0.3) is 0 Å². The minimum atomic E-state index is -0.467. The molecule has 0 amide bonds. The van der Waals surface area contributed by atoms with Crippen LogP contribution in [0.3, 0.4) is 0 Å². The van der Waals surface area contributed by atoms with Crippen molar-refractivity contribution in [3.05, 3.63) is 39.7 Å². The normalized spacial score (nSPS) is 16.2. The van der Waals surface area contributed by atoms with Crippen LogP contribution in [-0.2, 0) is 19.9 Å². The second-order valence-corrected chi connectivity index (χ2v) is 5.80. The van der Waals surface area contributed by atoms with E-state index < -0.39 is 11.6 Å². The van der Waals surface area contributed by atoms with E-state index in [9.17, 15) is 19.8 Å². The molecule has 0 bridgehead atoms. The smallest absolute Gasteiger partial charge is 0.216 e. The maximum absolute atomic E-state index is 12.7. The first kappa shape index (κ1) is 13.1. The number of aromatic hydroxyl groups is 2. The standard InChI is InChI=1S/C16H14N2O4/c1-18-12-9(6-17-18)15(21)10-11(16(12)22)14(20)8-5-3-2-4-7(8)13(10)19/h6,19-20H,2-5H2,1H3. The van der Waals surface area contributed by atoms with E-state index in [2.05, 4.69) is 5.10 Å². The highest BCUT2D eigenvalue weighted by Crippen LogP contribution is 2.45. The summed E-state index contributed by atoms with van der Waals surface area (Å²) in [6.45, 7) is 0. The Bertz CT molecular complexity index is 864. The van der Waals surface area contributed by atoms with Crippen molar-refractivity contribution in [2.75, 3.05) is 0 Å². The van der Waals surface area contributed by atoms with Gasteiger partial charge < -0.3 is 10.2 Å². The molecule has 0 radical (unpaired) electrons. The van der Waals surface area contributed by atoms with Crippen LogP contribution in [0.5, 0.6) is 11.5 Å². The maximum Gasteiger partial charge on any atom is 0.216 e. The molecule has 0 fully saturated rings. The number of hydrogen-bond donors (Lipinski definition) is 2. The van der Waals surface area contributed by atoms with E-state index in [1.165, 1.54) is 10.9 Å². The number of ketones is 2. The molecule has 0 saturated heterocycles. The third-order valence-corrected chi connectivity index (χ3v) is 4.62.